The number of nitrogens with one attached hydrogen (secondary N) is 2. The van der Waals surface area contributed by atoms with Crippen molar-refractivity contribution in [2.24, 2.45) is 5.92 Å². The van der Waals surface area contributed by atoms with Crippen molar-refractivity contribution in [2.75, 3.05) is 33.9 Å². The van der Waals surface area contributed by atoms with Crippen molar-refractivity contribution in [3.8, 4) is 0 Å². The van der Waals surface area contributed by atoms with Gasteiger partial charge in [-0.05, 0) is 44.2 Å². The molecule has 3 rings (SSSR count). The zero-order valence-corrected chi connectivity index (χ0v) is 18.0. The minimum absolute atomic E-state index is 0.00291. The average Bonchev–Trinajstić information content (AvgIpc) is 3.12. The van der Waals surface area contributed by atoms with Crippen LogP contribution in [0.3, 0.4) is 0 Å². The van der Waals surface area contributed by atoms with Crippen LogP contribution < -0.4 is 10.6 Å². The molecule has 1 fully saturated rings. The normalized spacial score (nSPS) is 19.6. The third kappa shape index (κ3) is 6.60. The van der Waals surface area contributed by atoms with Crippen LogP contribution in [-0.4, -0.2) is 66.2 Å². The third-order valence-electron chi connectivity index (χ3n) is 5.52. The molecule has 168 valence electrons. The molecule has 2 heterocycles. The minimum atomic E-state index is -0.374. The van der Waals surface area contributed by atoms with Crippen LogP contribution in [-0.2, 0) is 22.6 Å². The number of halogens is 1. The Balaban J connectivity index is 1.51. The molecule has 2 amide bonds. The number of hydrogen-bond donors (Lipinski definition) is 2. The summed E-state index contributed by atoms with van der Waals surface area (Å²) in [5.41, 5.74) is 1.35. The van der Waals surface area contributed by atoms with Crippen LogP contribution in [0.1, 0.15) is 28.9 Å². The highest BCUT2D eigenvalue weighted by Gasteiger charge is 2.27. The molecule has 1 aliphatic rings. The zero-order valence-electron chi connectivity index (χ0n) is 18.0. The fraction of sp³-hybridized carbons (Fsp3) is 0.500. The molecule has 0 spiro atoms. The van der Waals surface area contributed by atoms with Gasteiger partial charge in [0.25, 0.3) is 5.91 Å². The quantitative estimate of drug-likeness (QED) is 0.660. The van der Waals surface area contributed by atoms with Gasteiger partial charge < -0.3 is 24.8 Å². The minimum Gasteiger partial charge on any atom is -0.383 e. The third-order valence-corrected chi connectivity index (χ3v) is 5.52. The van der Waals surface area contributed by atoms with E-state index in [0.717, 1.165) is 5.69 Å². The van der Waals surface area contributed by atoms with Crippen molar-refractivity contribution < 1.29 is 18.7 Å². The Morgan fingerprint density at radius 2 is 2.00 bits per heavy atom. The Bertz CT molecular complexity index is 870. The van der Waals surface area contributed by atoms with E-state index in [0.29, 0.717) is 51.2 Å². The van der Waals surface area contributed by atoms with E-state index >= 15 is 0 Å². The summed E-state index contributed by atoms with van der Waals surface area (Å²) in [4.78, 5) is 31.4. The number of imidazole rings is 1. The van der Waals surface area contributed by atoms with Gasteiger partial charge in [-0.25, -0.2) is 9.37 Å². The first kappa shape index (κ1) is 22.9. The van der Waals surface area contributed by atoms with E-state index in [1.807, 2.05) is 11.6 Å². The number of nitrogens with zero attached hydrogens (tertiary/aromatic N) is 3. The molecule has 1 saturated heterocycles. The number of likely N-dealkylation sites (N-methyl/N-ethyl adjacent to an activating group) is 1. The zero-order chi connectivity index (χ0) is 22.2. The lowest BCUT2D eigenvalue weighted by Gasteiger charge is -2.22. The average molecular weight is 432 g/mol. The molecule has 0 unspecified atom stereocenters. The Morgan fingerprint density at radius 1 is 1.23 bits per heavy atom. The molecule has 1 aromatic heterocycles. The summed E-state index contributed by atoms with van der Waals surface area (Å²) in [7, 11) is 3.60. The molecular formula is C22H30FN5O3. The molecule has 1 aromatic carbocycles. The topological polar surface area (TPSA) is 88.5 Å². The van der Waals surface area contributed by atoms with Gasteiger partial charge >= 0.3 is 0 Å². The van der Waals surface area contributed by atoms with Crippen molar-refractivity contribution in [3.63, 3.8) is 0 Å². The maximum atomic E-state index is 13.1. The van der Waals surface area contributed by atoms with Crippen LogP contribution in [0.2, 0.25) is 0 Å². The van der Waals surface area contributed by atoms with E-state index in [2.05, 4.69) is 20.5 Å². The number of ether oxygens (including phenoxy) is 1. The Labute approximate surface area is 181 Å². The van der Waals surface area contributed by atoms with Crippen molar-refractivity contribution in [1.29, 1.82) is 0 Å². The number of carbonyl (C=O) groups is 2. The summed E-state index contributed by atoms with van der Waals surface area (Å²) in [6.45, 7) is 2.95. The summed E-state index contributed by atoms with van der Waals surface area (Å²) in [5.74, 6) is -0.767. The van der Waals surface area contributed by atoms with Gasteiger partial charge in [0.2, 0.25) is 5.91 Å². The van der Waals surface area contributed by atoms with Crippen LogP contribution in [0.25, 0.3) is 0 Å². The second-order valence-corrected chi connectivity index (χ2v) is 7.96. The van der Waals surface area contributed by atoms with Gasteiger partial charge in [-0.15, -0.1) is 0 Å². The number of aromatic nitrogens is 2. The lowest BCUT2D eigenvalue weighted by Crippen LogP contribution is -2.42. The molecule has 0 aliphatic carbocycles. The van der Waals surface area contributed by atoms with Crippen molar-refractivity contribution >= 4 is 11.8 Å². The maximum absolute atomic E-state index is 13.1. The van der Waals surface area contributed by atoms with E-state index in [4.69, 9.17) is 4.74 Å². The van der Waals surface area contributed by atoms with Gasteiger partial charge in [0.1, 0.15) is 5.82 Å². The van der Waals surface area contributed by atoms with Crippen molar-refractivity contribution in [1.82, 2.24) is 25.1 Å². The number of benzene rings is 1. The largest absolute Gasteiger partial charge is 0.383 e. The van der Waals surface area contributed by atoms with Gasteiger partial charge in [0.05, 0.1) is 31.1 Å². The molecular weight excluding hydrogens is 401 g/mol. The van der Waals surface area contributed by atoms with Gasteiger partial charge in [-0.3, -0.25) is 9.59 Å². The van der Waals surface area contributed by atoms with E-state index in [1.165, 1.54) is 24.3 Å². The number of rotatable bonds is 8. The van der Waals surface area contributed by atoms with E-state index in [-0.39, 0.29) is 29.6 Å². The van der Waals surface area contributed by atoms with Gasteiger partial charge in [0.15, 0.2) is 0 Å². The molecule has 2 N–H and O–H groups in total. The summed E-state index contributed by atoms with van der Waals surface area (Å²) in [5, 5.41) is 6.02. The molecule has 2 aromatic rings. The number of likely N-dealkylation sites (tertiary alicyclic amines) is 1. The number of hydrogen-bond acceptors (Lipinski definition) is 5. The van der Waals surface area contributed by atoms with Gasteiger partial charge in [-0.2, -0.15) is 0 Å². The van der Waals surface area contributed by atoms with Crippen LogP contribution in [0, 0.1) is 11.7 Å². The predicted octanol–water partition coefficient (Wildman–Crippen LogP) is 1.43. The SMILES string of the molecule is COCCn1cncc1CNC(=O)[C@@H]1CC[C@H](NC(=O)c2ccc(F)cc2)CN(C)C1. The molecule has 9 heteroatoms. The number of carbonyl (C=O) groups excluding carboxylic acids is 2. The molecule has 0 saturated carbocycles. The lowest BCUT2D eigenvalue weighted by atomic mass is 10.0. The summed E-state index contributed by atoms with van der Waals surface area (Å²) in [6.07, 6.45) is 4.85. The molecule has 0 radical (unpaired) electrons. The van der Waals surface area contributed by atoms with E-state index < -0.39 is 0 Å². The second kappa shape index (κ2) is 11.0. The lowest BCUT2D eigenvalue weighted by molar-refractivity contribution is -0.125. The van der Waals surface area contributed by atoms with Crippen LogP contribution in [0.15, 0.2) is 36.8 Å². The molecule has 8 nitrogen and oxygen atoms in total. The first-order valence-corrected chi connectivity index (χ1v) is 10.5. The highest BCUT2D eigenvalue weighted by atomic mass is 19.1. The van der Waals surface area contributed by atoms with Crippen LogP contribution >= 0.6 is 0 Å². The van der Waals surface area contributed by atoms with E-state index in [9.17, 15) is 14.0 Å². The highest BCUT2D eigenvalue weighted by Crippen LogP contribution is 2.17. The highest BCUT2D eigenvalue weighted by molar-refractivity contribution is 5.94. The fourth-order valence-corrected chi connectivity index (χ4v) is 3.82. The monoisotopic (exact) mass is 431 g/mol. The Morgan fingerprint density at radius 3 is 2.74 bits per heavy atom. The molecule has 0 bridgehead atoms. The van der Waals surface area contributed by atoms with Crippen molar-refractivity contribution in [3.05, 3.63) is 53.9 Å². The standard InChI is InChI=1S/C22H30FN5O3/c1-27-13-17(21(29)25-12-20-11-24-15-28(20)9-10-31-2)5-8-19(14-27)26-22(30)16-3-6-18(23)7-4-16/h3-4,6-7,11,15,17,19H,5,8-10,12-14H2,1-2H3,(H,25,29)(H,26,30)/t17-,19+/m1/s1. The van der Waals surface area contributed by atoms with E-state index in [1.54, 1.807) is 19.6 Å². The molecule has 2 atom stereocenters. The molecule has 1 aliphatic heterocycles. The predicted molar refractivity (Wildman–Crippen MR) is 114 cm³/mol. The van der Waals surface area contributed by atoms with Crippen LogP contribution in [0.4, 0.5) is 4.39 Å². The second-order valence-electron chi connectivity index (χ2n) is 7.96. The summed E-state index contributed by atoms with van der Waals surface area (Å²) >= 11 is 0. The van der Waals surface area contributed by atoms with Crippen LogP contribution in [0.5, 0.6) is 0 Å². The number of amides is 2. The molecule has 31 heavy (non-hydrogen) atoms. The summed E-state index contributed by atoms with van der Waals surface area (Å²) < 4.78 is 20.1. The fourth-order valence-electron chi connectivity index (χ4n) is 3.82. The van der Waals surface area contributed by atoms with Crippen molar-refractivity contribution in [2.45, 2.75) is 32.0 Å². The number of methoxy groups -OCH3 is 1. The summed E-state index contributed by atoms with van der Waals surface area (Å²) in [6, 6.07) is 5.42. The smallest absolute Gasteiger partial charge is 0.251 e. The Kier molecular flexibility index (Phi) is 8.13. The maximum Gasteiger partial charge on any atom is 0.251 e. The van der Waals surface area contributed by atoms with Gasteiger partial charge in [-0.1, -0.05) is 0 Å². The van der Waals surface area contributed by atoms with Gasteiger partial charge in [0, 0.05) is 44.5 Å². The first-order chi connectivity index (χ1) is 15.0. The first-order valence-electron chi connectivity index (χ1n) is 10.5. The Hall–Kier alpha value is -2.78.